The van der Waals surface area contributed by atoms with E-state index in [4.69, 9.17) is 5.73 Å². The average Bonchev–Trinajstić information content (AvgIpc) is 2.39. The minimum atomic E-state index is 0.208. The normalized spacial score (nSPS) is 19.8. The summed E-state index contributed by atoms with van der Waals surface area (Å²) in [6.45, 7) is 11.1. The van der Waals surface area contributed by atoms with Crippen LogP contribution < -0.4 is 5.73 Å². The first kappa shape index (κ1) is 14.5. The van der Waals surface area contributed by atoms with Crippen molar-refractivity contribution in [1.82, 2.24) is 4.90 Å². The van der Waals surface area contributed by atoms with Gasteiger partial charge in [-0.15, -0.1) is 0 Å². The van der Waals surface area contributed by atoms with Crippen LogP contribution in [0.4, 0.5) is 0 Å². The molecule has 2 N–H and O–H groups in total. The van der Waals surface area contributed by atoms with Gasteiger partial charge in [-0.05, 0) is 44.3 Å². The lowest BCUT2D eigenvalue weighted by atomic mass is 9.72. The van der Waals surface area contributed by atoms with Gasteiger partial charge in [-0.2, -0.15) is 0 Å². The Hall–Kier alpha value is -0.860. The summed E-state index contributed by atoms with van der Waals surface area (Å²) in [5, 5.41) is 0. The molecule has 0 unspecified atom stereocenters. The van der Waals surface area contributed by atoms with E-state index in [1.54, 1.807) is 0 Å². The van der Waals surface area contributed by atoms with E-state index in [0.717, 1.165) is 12.5 Å². The lowest BCUT2D eigenvalue weighted by Crippen LogP contribution is -2.47. The molecule has 2 rings (SSSR count). The van der Waals surface area contributed by atoms with Crippen molar-refractivity contribution in [2.24, 2.45) is 11.7 Å². The van der Waals surface area contributed by atoms with E-state index in [1.165, 1.54) is 43.6 Å². The molecule has 1 heterocycles. The molecule has 0 saturated carbocycles. The Labute approximate surface area is 118 Å². The van der Waals surface area contributed by atoms with Crippen LogP contribution >= 0.6 is 0 Å². The molecule has 19 heavy (non-hydrogen) atoms. The van der Waals surface area contributed by atoms with Crippen LogP contribution in [0.2, 0.25) is 0 Å². The van der Waals surface area contributed by atoms with Crippen LogP contribution in [-0.4, -0.2) is 31.1 Å². The summed E-state index contributed by atoms with van der Waals surface area (Å²) in [6.07, 6.45) is 2.39. The zero-order valence-corrected chi connectivity index (χ0v) is 12.7. The van der Waals surface area contributed by atoms with Crippen LogP contribution in [0, 0.1) is 12.8 Å². The van der Waals surface area contributed by atoms with Crippen molar-refractivity contribution >= 4 is 0 Å². The molecular weight excluding hydrogens is 232 g/mol. The quantitative estimate of drug-likeness (QED) is 0.902. The van der Waals surface area contributed by atoms with E-state index in [-0.39, 0.29) is 5.41 Å². The summed E-state index contributed by atoms with van der Waals surface area (Å²) >= 11 is 0. The summed E-state index contributed by atoms with van der Waals surface area (Å²) < 4.78 is 0. The highest BCUT2D eigenvalue weighted by molar-refractivity contribution is 5.31. The number of benzene rings is 1. The Bertz CT molecular complexity index is 403. The van der Waals surface area contributed by atoms with Gasteiger partial charge >= 0.3 is 0 Å². The Morgan fingerprint density at radius 2 is 1.95 bits per heavy atom. The smallest absolute Gasteiger partial charge is 0.00999 e. The van der Waals surface area contributed by atoms with Crippen LogP contribution in [0.25, 0.3) is 0 Å². The van der Waals surface area contributed by atoms with Gasteiger partial charge in [0.1, 0.15) is 0 Å². The molecular formula is C17H28N2. The highest BCUT2D eigenvalue weighted by Gasteiger charge is 2.34. The summed E-state index contributed by atoms with van der Waals surface area (Å²) in [6, 6.07) is 8.92. The molecule has 1 saturated heterocycles. The van der Waals surface area contributed by atoms with Crippen molar-refractivity contribution in [2.75, 3.05) is 26.2 Å². The predicted octanol–water partition coefficient (Wildman–Crippen LogP) is 2.94. The third-order valence-corrected chi connectivity index (χ3v) is 4.46. The van der Waals surface area contributed by atoms with E-state index in [0.29, 0.717) is 0 Å². The van der Waals surface area contributed by atoms with Crippen LogP contribution in [0.15, 0.2) is 24.3 Å². The zero-order chi connectivity index (χ0) is 13.9. The number of rotatable bonds is 4. The summed E-state index contributed by atoms with van der Waals surface area (Å²) in [5.41, 5.74) is 9.14. The van der Waals surface area contributed by atoms with Gasteiger partial charge in [-0.3, -0.25) is 0 Å². The van der Waals surface area contributed by atoms with Gasteiger partial charge in [-0.25, -0.2) is 0 Å². The lowest BCUT2D eigenvalue weighted by molar-refractivity contribution is 0.148. The SMILES string of the molecule is Cc1cccc(C2(CN)CCN(CC(C)C)CC2)c1. The summed E-state index contributed by atoms with van der Waals surface area (Å²) in [4.78, 5) is 2.59. The first-order chi connectivity index (χ1) is 9.05. The maximum Gasteiger partial charge on any atom is 0.00999 e. The largest absolute Gasteiger partial charge is 0.330 e. The maximum absolute atomic E-state index is 6.15. The van der Waals surface area contributed by atoms with Gasteiger partial charge in [-0.1, -0.05) is 43.7 Å². The van der Waals surface area contributed by atoms with Crippen LogP contribution in [0.1, 0.15) is 37.8 Å². The fraction of sp³-hybridized carbons (Fsp3) is 0.647. The monoisotopic (exact) mass is 260 g/mol. The van der Waals surface area contributed by atoms with E-state index in [9.17, 15) is 0 Å². The second kappa shape index (κ2) is 6.06. The molecule has 0 atom stereocenters. The molecule has 0 spiro atoms. The van der Waals surface area contributed by atoms with Gasteiger partial charge in [0, 0.05) is 18.5 Å². The fourth-order valence-electron chi connectivity index (χ4n) is 3.27. The second-order valence-corrected chi connectivity index (χ2v) is 6.55. The van der Waals surface area contributed by atoms with Gasteiger partial charge in [0.05, 0.1) is 0 Å². The number of piperidine rings is 1. The first-order valence-electron chi connectivity index (χ1n) is 7.55. The van der Waals surface area contributed by atoms with E-state index < -0.39 is 0 Å². The Morgan fingerprint density at radius 3 is 2.47 bits per heavy atom. The molecule has 0 aromatic heterocycles. The van der Waals surface area contributed by atoms with E-state index >= 15 is 0 Å². The molecule has 1 aromatic rings. The maximum atomic E-state index is 6.15. The Kier molecular flexibility index (Phi) is 4.64. The van der Waals surface area contributed by atoms with Crippen LogP contribution in [-0.2, 0) is 5.41 Å². The summed E-state index contributed by atoms with van der Waals surface area (Å²) in [5.74, 6) is 0.754. The predicted molar refractivity (Wildman–Crippen MR) is 82.4 cm³/mol. The van der Waals surface area contributed by atoms with Gasteiger partial charge in [0.2, 0.25) is 0 Å². The third kappa shape index (κ3) is 3.37. The minimum absolute atomic E-state index is 0.208. The molecule has 2 heteroatoms. The highest BCUT2D eigenvalue weighted by atomic mass is 15.1. The molecule has 1 aliphatic heterocycles. The molecule has 1 aromatic carbocycles. The Balaban J connectivity index is 2.10. The first-order valence-corrected chi connectivity index (χ1v) is 7.55. The molecule has 0 aliphatic carbocycles. The average molecular weight is 260 g/mol. The third-order valence-electron chi connectivity index (χ3n) is 4.46. The lowest BCUT2D eigenvalue weighted by Gasteiger charge is -2.42. The number of hydrogen-bond donors (Lipinski definition) is 1. The van der Waals surface area contributed by atoms with Crippen LogP contribution in [0.3, 0.4) is 0 Å². The standard InChI is InChI=1S/C17H28N2/c1-14(2)12-19-9-7-17(13-18,8-10-19)16-6-4-5-15(3)11-16/h4-6,11,14H,7-10,12-13,18H2,1-3H3. The molecule has 0 amide bonds. The molecule has 0 radical (unpaired) electrons. The van der Waals surface area contributed by atoms with Gasteiger partial charge in [0.25, 0.3) is 0 Å². The summed E-state index contributed by atoms with van der Waals surface area (Å²) in [7, 11) is 0. The second-order valence-electron chi connectivity index (χ2n) is 6.55. The number of likely N-dealkylation sites (tertiary alicyclic amines) is 1. The number of nitrogens with two attached hydrogens (primary N) is 1. The van der Waals surface area contributed by atoms with Crippen molar-refractivity contribution in [3.05, 3.63) is 35.4 Å². The van der Waals surface area contributed by atoms with Crippen molar-refractivity contribution in [2.45, 2.75) is 39.0 Å². The molecule has 106 valence electrons. The molecule has 1 aliphatic rings. The number of hydrogen-bond acceptors (Lipinski definition) is 2. The molecule has 1 fully saturated rings. The fourth-order valence-corrected chi connectivity index (χ4v) is 3.27. The van der Waals surface area contributed by atoms with Crippen molar-refractivity contribution < 1.29 is 0 Å². The highest BCUT2D eigenvalue weighted by Crippen LogP contribution is 2.35. The number of aryl methyl sites for hydroxylation is 1. The molecule has 0 bridgehead atoms. The van der Waals surface area contributed by atoms with Crippen LogP contribution in [0.5, 0.6) is 0 Å². The van der Waals surface area contributed by atoms with Crippen molar-refractivity contribution in [3.8, 4) is 0 Å². The topological polar surface area (TPSA) is 29.3 Å². The van der Waals surface area contributed by atoms with E-state index in [2.05, 4.69) is 49.9 Å². The minimum Gasteiger partial charge on any atom is -0.330 e. The van der Waals surface area contributed by atoms with E-state index in [1.807, 2.05) is 0 Å². The number of nitrogens with zero attached hydrogens (tertiary/aromatic N) is 1. The molecule has 2 nitrogen and oxygen atoms in total. The van der Waals surface area contributed by atoms with Gasteiger partial charge < -0.3 is 10.6 Å². The van der Waals surface area contributed by atoms with Crippen molar-refractivity contribution in [1.29, 1.82) is 0 Å². The van der Waals surface area contributed by atoms with Crippen molar-refractivity contribution in [3.63, 3.8) is 0 Å². The van der Waals surface area contributed by atoms with Gasteiger partial charge in [0.15, 0.2) is 0 Å². The Morgan fingerprint density at radius 1 is 1.26 bits per heavy atom. The zero-order valence-electron chi connectivity index (χ0n) is 12.7.